The van der Waals surface area contributed by atoms with Gasteiger partial charge in [0, 0.05) is 32.6 Å². The molecule has 232 valence electrons. The van der Waals surface area contributed by atoms with Crippen molar-refractivity contribution >= 4 is 75.9 Å². The molecule has 0 amide bonds. The molecule has 2 aromatic heterocycles. The van der Waals surface area contributed by atoms with Crippen LogP contribution in [0.25, 0.3) is 98.4 Å². The molecule has 2 heterocycles. The van der Waals surface area contributed by atoms with Gasteiger partial charge in [0.25, 0.3) is 0 Å². The molecule has 0 atom stereocenters. The van der Waals surface area contributed by atoms with Crippen molar-refractivity contribution in [1.82, 2.24) is 9.13 Å². The van der Waals surface area contributed by atoms with Crippen LogP contribution >= 0.6 is 0 Å². The summed E-state index contributed by atoms with van der Waals surface area (Å²) in [7, 11) is 0. The smallest absolute Gasteiger partial charge is 0.0549 e. The number of hydrogen-bond acceptors (Lipinski definition) is 0. The number of aromatic nitrogens is 2. The van der Waals surface area contributed by atoms with Gasteiger partial charge >= 0.3 is 0 Å². The number of hydrogen-bond donors (Lipinski definition) is 0. The molecule has 0 N–H and O–H groups in total. The Kier molecular flexibility index (Phi) is 5.70. The molecule has 0 aliphatic rings. The van der Waals surface area contributed by atoms with Crippen LogP contribution in [-0.2, 0) is 0 Å². The Balaban J connectivity index is 1.12. The third kappa shape index (κ3) is 3.85. The zero-order chi connectivity index (χ0) is 32.8. The van der Waals surface area contributed by atoms with Crippen LogP contribution in [-0.4, -0.2) is 9.13 Å². The summed E-state index contributed by atoms with van der Waals surface area (Å²) in [5.41, 5.74) is 9.66. The third-order valence-corrected chi connectivity index (χ3v) is 10.7. The number of benzene rings is 9. The van der Waals surface area contributed by atoms with Crippen molar-refractivity contribution in [2.24, 2.45) is 0 Å². The minimum Gasteiger partial charge on any atom is -0.309 e. The van der Waals surface area contributed by atoms with Gasteiger partial charge in [-0.1, -0.05) is 133 Å². The fourth-order valence-corrected chi connectivity index (χ4v) is 8.45. The molecular formula is C48H30N2. The van der Waals surface area contributed by atoms with Gasteiger partial charge < -0.3 is 9.13 Å². The molecule has 0 saturated carbocycles. The number of rotatable bonds is 3. The van der Waals surface area contributed by atoms with Crippen LogP contribution in [0.2, 0.25) is 0 Å². The van der Waals surface area contributed by atoms with Crippen molar-refractivity contribution in [3.63, 3.8) is 0 Å². The lowest BCUT2D eigenvalue weighted by atomic mass is 9.97. The van der Waals surface area contributed by atoms with Crippen LogP contribution in [0, 0.1) is 0 Å². The largest absolute Gasteiger partial charge is 0.309 e. The van der Waals surface area contributed by atoms with E-state index in [-0.39, 0.29) is 0 Å². The fourth-order valence-electron chi connectivity index (χ4n) is 8.45. The topological polar surface area (TPSA) is 9.86 Å². The van der Waals surface area contributed by atoms with E-state index in [0.717, 1.165) is 5.69 Å². The fraction of sp³-hybridized carbons (Fsp3) is 0. The number of nitrogens with zero attached hydrogens (tertiary/aromatic N) is 2. The van der Waals surface area contributed by atoms with Crippen LogP contribution in [0.15, 0.2) is 182 Å². The van der Waals surface area contributed by atoms with E-state index in [0.29, 0.717) is 0 Å². The first-order chi connectivity index (χ1) is 24.8. The summed E-state index contributed by atoms with van der Waals surface area (Å²) in [5, 5.41) is 12.7. The molecule has 0 aliphatic carbocycles. The predicted octanol–water partition coefficient (Wildman–Crippen LogP) is 13.0. The summed E-state index contributed by atoms with van der Waals surface area (Å²) in [6.07, 6.45) is 0. The second-order valence-corrected chi connectivity index (χ2v) is 13.3. The Morgan fingerprint density at radius 2 is 0.800 bits per heavy atom. The van der Waals surface area contributed by atoms with Crippen LogP contribution < -0.4 is 0 Å². The summed E-state index contributed by atoms with van der Waals surface area (Å²) >= 11 is 0. The summed E-state index contributed by atoms with van der Waals surface area (Å²) in [6, 6.07) is 66.7. The van der Waals surface area contributed by atoms with E-state index in [4.69, 9.17) is 0 Å². The molecule has 9 aromatic carbocycles. The molecule has 0 aliphatic heterocycles. The van der Waals surface area contributed by atoms with E-state index in [2.05, 4.69) is 191 Å². The Hall–Kier alpha value is -6.64. The van der Waals surface area contributed by atoms with Crippen LogP contribution in [0.4, 0.5) is 0 Å². The highest BCUT2D eigenvalue weighted by molar-refractivity contribution is 6.29. The zero-order valence-electron chi connectivity index (χ0n) is 27.2. The second kappa shape index (κ2) is 10.4. The molecule has 0 fully saturated rings. The van der Waals surface area contributed by atoms with E-state index in [9.17, 15) is 0 Å². The summed E-state index contributed by atoms with van der Waals surface area (Å²) in [6.45, 7) is 0. The summed E-state index contributed by atoms with van der Waals surface area (Å²) < 4.78 is 4.89. The van der Waals surface area contributed by atoms with Gasteiger partial charge in [-0.05, 0) is 86.6 Å². The molecule has 0 radical (unpaired) electrons. The molecule has 0 unspecified atom stereocenters. The number of para-hydroxylation sites is 2. The lowest BCUT2D eigenvalue weighted by Gasteiger charge is -2.12. The average Bonchev–Trinajstić information content (AvgIpc) is 3.70. The predicted molar refractivity (Wildman–Crippen MR) is 213 cm³/mol. The maximum absolute atomic E-state index is 2.46. The van der Waals surface area contributed by atoms with E-state index in [1.54, 1.807) is 0 Å². The normalized spacial score (nSPS) is 12.0. The SMILES string of the molecule is c1ccc2c(-n3c4ccccc4c4c5c6ccccc6n(-c6ccc(-c7ccc8c(ccc9ccccc98)c7)cc6)c5ccc43)cccc2c1. The standard InChI is InChI=1S/C48H30N2/c1-3-13-37-33(11-1)20-21-35-30-34(24-27-38(35)37)31-22-25-36(26-23-31)49-43-17-7-5-15-40(43)47-45(49)28-29-46-48(47)41-16-6-8-18-44(41)50(46)42-19-9-12-32-10-2-4-14-39(32)42/h1-30H. The van der Waals surface area contributed by atoms with E-state index < -0.39 is 0 Å². The highest BCUT2D eigenvalue weighted by atomic mass is 15.0. The molecular weight excluding hydrogens is 605 g/mol. The van der Waals surface area contributed by atoms with Gasteiger partial charge in [0.1, 0.15) is 0 Å². The molecule has 2 nitrogen and oxygen atoms in total. The van der Waals surface area contributed by atoms with Crippen molar-refractivity contribution in [3.05, 3.63) is 182 Å². The molecule has 0 spiro atoms. The van der Waals surface area contributed by atoms with Gasteiger partial charge in [0.2, 0.25) is 0 Å². The van der Waals surface area contributed by atoms with E-state index >= 15 is 0 Å². The van der Waals surface area contributed by atoms with Gasteiger partial charge in [0.15, 0.2) is 0 Å². The first-order valence-electron chi connectivity index (χ1n) is 17.3. The lowest BCUT2D eigenvalue weighted by molar-refractivity contribution is 1.18. The first-order valence-corrected chi connectivity index (χ1v) is 17.3. The molecule has 0 bridgehead atoms. The number of fused-ring (bicyclic) bond motifs is 11. The van der Waals surface area contributed by atoms with Crippen molar-refractivity contribution in [1.29, 1.82) is 0 Å². The van der Waals surface area contributed by atoms with Crippen molar-refractivity contribution in [2.75, 3.05) is 0 Å². The van der Waals surface area contributed by atoms with Crippen LogP contribution in [0.3, 0.4) is 0 Å². The minimum atomic E-state index is 1.16. The molecule has 11 aromatic rings. The first kappa shape index (κ1) is 27.3. The average molecular weight is 635 g/mol. The van der Waals surface area contributed by atoms with Gasteiger partial charge in [-0.25, -0.2) is 0 Å². The monoisotopic (exact) mass is 634 g/mol. The Morgan fingerprint density at radius 3 is 1.54 bits per heavy atom. The molecule has 2 heteroatoms. The van der Waals surface area contributed by atoms with Gasteiger partial charge in [-0.2, -0.15) is 0 Å². The third-order valence-electron chi connectivity index (χ3n) is 10.7. The van der Waals surface area contributed by atoms with E-state index in [1.807, 2.05) is 0 Å². The van der Waals surface area contributed by atoms with Crippen molar-refractivity contribution in [2.45, 2.75) is 0 Å². The Labute approximate surface area is 288 Å². The molecule has 11 rings (SSSR count). The minimum absolute atomic E-state index is 1.16. The highest BCUT2D eigenvalue weighted by Crippen LogP contribution is 2.43. The Morgan fingerprint density at radius 1 is 0.280 bits per heavy atom. The van der Waals surface area contributed by atoms with Gasteiger partial charge in [-0.15, -0.1) is 0 Å². The lowest BCUT2D eigenvalue weighted by Crippen LogP contribution is -1.96. The summed E-state index contributed by atoms with van der Waals surface area (Å²) in [4.78, 5) is 0. The molecule has 50 heavy (non-hydrogen) atoms. The maximum Gasteiger partial charge on any atom is 0.0549 e. The second-order valence-electron chi connectivity index (χ2n) is 13.3. The quantitative estimate of drug-likeness (QED) is 0.171. The molecule has 0 saturated heterocycles. The van der Waals surface area contributed by atoms with Crippen LogP contribution in [0.1, 0.15) is 0 Å². The van der Waals surface area contributed by atoms with E-state index in [1.165, 1.54) is 92.7 Å². The van der Waals surface area contributed by atoms with Crippen molar-refractivity contribution in [3.8, 4) is 22.5 Å². The summed E-state index contributed by atoms with van der Waals surface area (Å²) in [5.74, 6) is 0. The maximum atomic E-state index is 2.46. The van der Waals surface area contributed by atoms with Crippen LogP contribution in [0.5, 0.6) is 0 Å². The highest BCUT2D eigenvalue weighted by Gasteiger charge is 2.21. The zero-order valence-corrected chi connectivity index (χ0v) is 27.2. The van der Waals surface area contributed by atoms with Crippen molar-refractivity contribution < 1.29 is 0 Å². The van der Waals surface area contributed by atoms with Gasteiger partial charge in [0.05, 0.1) is 27.8 Å². The Bertz CT molecular complexity index is 3130. The van der Waals surface area contributed by atoms with Gasteiger partial charge in [-0.3, -0.25) is 0 Å².